The van der Waals surface area contributed by atoms with Gasteiger partial charge in [-0.3, -0.25) is 4.79 Å². The molecular formula is C21H40O4. The molecule has 25 heavy (non-hydrogen) atoms. The lowest BCUT2D eigenvalue weighted by molar-refractivity contribution is -0.114. The molecule has 0 unspecified atom stereocenters. The van der Waals surface area contributed by atoms with E-state index in [4.69, 9.17) is 14.9 Å². The fraction of sp³-hybridized carbons (Fsp3) is 0.857. The number of hydrogen-bond donors (Lipinski definition) is 2. The third-order valence-electron chi connectivity index (χ3n) is 4.26. The quantitative estimate of drug-likeness (QED) is 0.263. The standard InChI is InChI=1S/C21H40O4/c1-2-3-4-5-6-7-8-9-10-11-12-15-20(23)16-13-14-17-25-19-21(24)18-22/h12,15,21-22,24H,2-11,13-14,16-19H2,1H3/b15-12+/t21-/m0/s1. The molecule has 0 radical (unpaired) electrons. The Morgan fingerprint density at radius 3 is 2.24 bits per heavy atom. The van der Waals surface area contributed by atoms with Crippen molar-refractivity contribution in [1.82, 2.24) is 0 Å². The molecule has 4 heteroatoms. The summed E-state index contributed by atoms with van der Waals surface area (Å²) in [4.78, 5) is 11.7. The summed E-state index contributed by atoms with van der Waals surface area (Å²) < 4.78 is 5.20. The van der Waals surface area contributed by atoms with Gasteiger partial charge < -0.3 is 14.9 Å². The van der Waals surface area contributed by atoms with Crippen LogP contribution < -0.4 is 0 Å². The summed E-state index contributed by atoms with van der Waals surface area (Å²) in [5.41, 5.74) is 0. The highest BCUT2D eigenvalue weighted by molar-refractivity contribution is 5.89. The lowest BCUT2D eigenvalue weighted by atomic mass is 10.1. The van der Waals surface area contributed by atoms with Crippen LogP contribution in [0.4, 0.5) is 0 Å². The van der Waals surface area contributed by atoms with Gasteiger partial charge in [-0.25, -0.2) is 0 Å². The van der Waals surface area contributed by atoms with Gasteiger partial charge >= 0.3 is 0 Å². The van der Waals surface area contributed by atoms with Gasteiger partial charge in [0.2, 0.25) is 0 Å². The Morgan fingerprint density at radius 2 is 1.60 bits per heavy atom. The van der Waals surface area contributed by atoms with Crippen molar-refractivity contribution in [3.63, 3.8) is 0 Å². The van der Waals surface area contributed by atoms with E-state index in [2.05, 4.69) is 6.92 Å². The lowest BCUT2D eigenvalue weighted by Gasteiger charge is -2.07. The van der Waals surface area contributed by atoms with Gasteiger partial charge in [0, 0.05) is 13.0 Å². The number of unbranched alkanes of at least 4 members (excludes halogenated alkanes) is 10. The third-order valence-corrected chi connectivity index (χ3v) is 4.26. The average molecular weight is 357 g/mol. The molecule has 1 atom stereocenters. The highest BCUT2D eigenvalue weighted by atomic mass is 16.5. The minimum Gasteiger partial charge on any atom is -0.394 e. The minimum atomic E-state index is -0.800. The molecule has 0 aliphatic carbocycles. The van der Waals surface area contributed by atoms with Crippen molar-refractivity contribution >= 4 is 5.78 Å². The van der Waals surface area contributed by atoms with Crippen LogP contribution in [0, 0.1) is 0 Å². The fourth-order valence-corrected chi connectivity index (χ4v) is 2.65. The second-order valence-electron chi connectivity index (χ2n) is 6.85. The summed E-state index contributed by atoms with van der Waals surface area (Å²) >= 11 is 0. The number of carbonyl (C=O) groups excluding carboxylic acids is 1. The zero-order valence-corrected chi connectivity index (χ0v) is 16.3. The molecule has 4 nitrogen and oxygen atoms in total. The second kappa shape index (κ2) is 19.6. The van der Waals surface area contributed by atoms with Crippen LogP contribution in [-0.2, 0) is 9.53 Å². The van der Waals surface area contributed by atoms with E-state index < -0.39 is 6.10 Å². The van der Waals surface area contributed by atoms with Crippen LogP contribution in [0.15, 0.2) is 12.2 Å². The molecule has 0 aliphatic heterocycles. The topological polar surface area (TPSA) is 66.8 Å². The Labute approximate surface area is 154 Å². The summed E-state index contributed by atoms with van der Waals surface area (Å²) in [6.07, 6.45) is 18.0. The number of ketones is 1. The van der Waals surface area contributed by atoms with Crippen molar-refractivity contribution < 1.29 is 19.7 Å². The lowest BCUT2D eigenvalue weighted by Crippen LogP contribution is -2.19. The van der Waals surface area contributed by atoms with Crippen molar-refractivity contribution in [3.8, 4) is 0 Å². The zero-order chi connectivity index (χ0) is 18.6. The van der Waals surface area contributed by atoms with Crippen LogP contribution in [-0.4, -0.2) is 41.9 Å². The molecule has 0 aliphatic rings. The Morgan fingerprint density at radius 1 is 0.960 bits per heavy atom. The van der Waals surface area contributed by atoms with E-state index in [9.17, 15) is 4.79 Å². The predicted molar refractivity (Wildman–Crippen MR) is 104 cm³/mol. The van der Waals surface area contributed by atoms with Gasteiger partial charge in [-0.1, -0.05) is 64.4 Å². The Hall–Kier alpha value is -0.710. The number of rotatable bonds is 19. The number of aliphatic hydroxyl groups excluding tert-OH is 2. The fourth-order valence-electron chi connectivity index (χ4n) is 2.65. The summed E-state index contributed by atoms with van der Waals surface area (Å²) in [6, 6.07) is 0. The minimum absolute atomic E-state index is 0.156. The van der Waals surface area contributed by atoms with Gasteiger partial charge in [0.25, 0.3) is 0 Å². The van der Waals surface area contributed by atoms with Crippen molar-refractivity contribution in [1.29, 1.82) is 0 Å². The predicted octanol–water partition coefficient (Wildman–Crippen LogP) is 4.57. The molecule has 0 aromatic carbocycles. The van der Waals surface area contributed by atoms with E-state index in [-0.39, 0.29) is 19.0 Å². The maximum atomic E-state index is 11.7. The number of carbonyl (C=O) groups is 1. The van der Waals surface area contributed by atoms with Gasteiger partial charge in [0.05, 0.1) is 13.2 Å². The molecule has 0 heterocycles. The summed E-state index contributed by atoms with van der Waals surface area (Å²) in [5.74, 6) is 0.186. The molecule has 0 amide bonds. The summed E-state index contributed by atoms with van der Waals surface area (Å²) in [6.45, 7) is 2.65. The molecule has 0 saturated heterocycles. The Kier molecular flexibility index (Phi) is 19.1. The van der Waals surface area contributed by atoms with E-state index in [0.717, 1.165) is 19.3 Å². The van der Waals surface area contributed by atoms with Crippen LogP contribution in [0.3, 0.4) is 0 Å². The average Bonchev–Trinajstić information content (AvgIpc) is 2.62. The molecule has 0 fully saturated rings. The molecule has 148 valence electrons. The molecule has 0 bridgehead atoms. The first-order valence-electron chi connectivity index (χ1n) is 10.3. The molecule has 0 spiro atoms. The molecule has 0 aromatic heterocycles. The molecular weight excluding hydrogens is 316 g/mol. The van der Waals surface area contributed by atoms with E-state index >= 15 is 0 Å². The summed E-state index contributed by atoms with van der Waals surface area (Å²) in [5, 5.41) is 17.7. The zero-order valence-electron chi connectivity index (χ0n) is 16.3. The smallest absolute Gasteiger partial charge is 0.155 e. The largest absolute Gasteiger partial charge is 0.394 e. The first-order chi connectivity index (χ1) is 12.2. The van der Waals surface area contributed by atoms with Gasteiger partial charge in [-0.15, -0.1) is 0 Å². The van der Waals surface area contributed by atoms with Crippen molar-refractivity contribution in [3.05, 3.63) is 12.2 Å². The molecule has 0 rings (SSSR count). The molecule has 0 aromatic rings. The second-order valence-corrected chi connectivity index (χ2v) is 6.85. The number of hydrogen-bond acceptors (Lipinski definition) is 4. The highest BCUT2D eigenvalue weighted by Crippen LogP contribution is 2.10. The van der Waals surface area contributed by atoms with E-state index in [1.807, 2.05) is 6.08 Å². The monoisotopic (exact) mass is 356 g/mol. The van der Waals surface area contributed by atoms with Crippen molar-refractivity contribution in [2.45, 2.75) is 96.5 Å². The van der Waals surface area contributed by atoms with Crippen molar-refractivity contribution in [2.75, 3.05) is 19.8 Å². The summed E-state index contributed by atoms with van der Waals surface area (Å²) in [7, 11) is 0. The third kappa shape index (κ3) is 19.5. The SMILES string of the molecule is CCCCCCCCCCC/C=C/C(=O)CCCCOC[C@@H](O)CO. The van der Waals surface area contributed by atoms with Crippen molar-refractivity contribution in [2.24, 2.45) is 0 Å². The first-order valence-corrected chi connectivity index (χ1v) is 10.3. The first kappa shape index (κ1) is 24.3. The van der Waals surface area contributed by atoms with Crippen LogP contribution in [0.1, 0.15) is 90.4 Å². The number of aliphatic hydroxyl groups is 2. The van der Waals surface area contributed by atoms with Gasteiger partial charge in [-0.05, 0) is 31.8 Å². The van der Waals surface area contributed by atoms with Gasteiger partial charge in [0.15, 0.2) is 5.78 Å². The van der Waals surface area contributed by atoms with E-state index in [1.54, 1.807) is 6.08 Å². The highest BCUT2D eigenvalue weighted by Gasteiger charge is 2.01. The normalized spacial score (nSPS) is 12.8. The van der Waals surface area contributed by atoms with Crippen LogP contribution in [0.5, 0.6) is 0 Å². The molecule has 2 N–H and O–H groups in total. The van der Waals surface area contributed by atoms with Gasteiger partial charge in [0.1, 0.15) is 6.10 Å². The number of ether oxygens (including phenoxy) is 1. The number of allylic oxidation sites excluding steroid dienone is 2. The maximum absolute atomic E-state index is 11.7. The Bertz CT molecular complexity index is 315. The van der Waals surface area contributed by atoms with E-state index in [0.29, 0.717) is 13.0 Å². The molecule has 0 saturated carbocycles. The van der Waals surface area contributed by atoms with Gasteiger partial charge in [-0.2, -0.15) is 0 Å². The maximum Gasteiger partial charge on any atom is 0.155 e. The van der Waals surface area contributed by atoms with E-state index in [1.165, 1.54) is 57.8 Å². The van der Waals surface area contributed by atoms with Crippen LogP contribution in [0.2, 0.25) is 0 Å². The van der Waals surface area contributed by atoms with Crippen LogP contribution in [0.25, 0.3) is 0 Å². The van der Waals surface area contributed by atoms with Crippen LogP contribution >= 0.6 is 0 Å². The Balaban J connectivity index is 3.30.